The Kier molecular flexibility index (Phi) is 5.95. The highest BCUT2D eigenvalue weighted by Crippen LogP contribution is 2.30. The summed E-state index contributed by atoms with van der Waals surface area (Å²) in [5.74, 6) is 0.702. The minimum absolute atomic E-state index is 0.0763. The molecule has 0 unspecified atom stereocenters. The molecule has 0 aliphatic rings. The van der Waals surface area contributed by atoms with Gasteiger partial charge in [-0.3, -0.25) is 4.79 Å². The molecular weight excluding hydrogens is 392 g/mol. The van der Waals surface area contributed by atoms with E-state index >= 15 is 0 Å². The number of nitrogens with zero attached hydrogens (tertiary/aromatic N) is 3. The predicted octanol–water partition coefficient (Wildman–Crippen LogP) is 5.27. The first-order valence-electron chi connectivity index (χ1n) is 9.70. The number of aromatic nitrogens is 3. The van der Waals surface area contributed by atoms with Gasteiger partial charge in [-0.05, 0) is 18.6 Å². The average Bonchev–Trinajstić information content (AvgIpc) is 3.15. The summed E-state index contributed by atoms with van der Waals surface area (Å²) < 4.78 is 1.92. The fraction of sp³-hybridized carbons (Fsp3) is 0.125. The van der Waals surface area contributed by atoms with Crippen molar-refractivity contribution in [2.75, 3.05) is 5.32 Å². The number of amides is 1. The van der Waals surface area contributed by atoms with Crippen LogP contribution >= 0.6 is 11.8 Å². The number of thioether (sulfide) groups is 1. The number of nitrogens with one attached hydrogen (secondary N) is 1. The van der Waals surface area contributed by atoms with Crippen LogP contribution in [0.2, 0.25) is 0 Å². The van der Waals surface area contributed by atoms with Crippen LogP contribution in [0.5, 0.6) is 0 Å². The monoisotopic (exact) mass is 414 g/mol. The molecule has 0 saturated carbocycles. The smallest absolute Gasteiger partial charge is 0.237 e. The summed E-state index contributed by atoms with van der Waals surface area (Å²) in [6, 6.07) is 27.8. The second-order valence-electron chi connectivity index (χ2n) is 6.89. The van der Waals surface area contributed by atoms with Crippen molar-refractivity contribution in [1.29, 1.82) is 0 Å². The molecule has 1 N–H and O–H groups in total. The number of rotatable bonds is 6. The van der Waals surface area contributed by atoms with Crippen LogP contribution in [0.25, 0.3) is 22.5 Å². The molecule has 0 saturated heterocycles. The lowest BCUT2D eigenvalue weighted by atomic mass is 10.0. The Balaban J connectivity index is 1.49. The van der Waals surface area contributed by atoms with Gasteiger partial charge < -0.3 is 9.88 Å². The summed E-state index contributed by atoms with van der Waals surface area (Å²) in [5.41, 5.74) is 3.85. The van der Waals surface area contributed by atoms with Crippen LogP contribution in [0, 0.1) is 0 Å². The van der Waals surface area contributed by atoms with Gasteiger partial charge in [-0.1, -0.05) is 90.6 Å². The Morgan fingerprint density at radius 3 is 2.17 bits per heavy atom. The quantitative estimate of drug-likeness (QED) is 0.437. The molecule has 1 aromatic heterocycles. The Hall–Kier alpha value is -3.38. The molecule has 0 aliphatic carbocycles. The van der Waals surface area contributed by atoms with E-state index in [0.717, 1.165) is 28.2 Å². The van der Waals surface area contributed by atoms with Crippen molar-refractivity contribution in [1.82, 2.24) is 14.8 Å². The van der Waals surface area contributed by atoms with E-state index in [2.05, 4.69) is 15.5 Å². The maximum absolute atomic E-state index is 12.9. The van der Waals surface area contributed by atoms with Crippen molar-refractivity contribution in [2.45, 2.75) is 17.3 Å². The number of carbonyl (C=O) groups excluding carboxylic acids is 1. The van der Waals surface area contributed by atoms with E-state index in [1.165, 1.54) is 11.8 Å². The molecule has 4 rings (SSSR count). The molecule has 6 heteroatoms. The lowest BCUT2D eigenvalue weighted by Gasteiger charge is -2.15. The fourth-order valence-corrected chi connectivity index (χ4v) is 3.98. The summed E-state index contributed by atoms with van der Waals surface area (Å²) >= 11 is 1.39. The SMILES string of the molecule is C[C@@H](Sc1nnc(-c2ccccc2)n1C)C(=O)Nc1ccccc1-c1ccccc1. The highest BCUT2D eigenvalue weighted by molar-refractivity contribution is 8.00. The lowest BCUT2D eigenvalue weighted by Crippen LogP contribution is -2.23. The van der Waals surface area contributed by atoms with Gasteiger partial charge in [0.25, 0.3) is 0 Å². The number of hydrogen-bond donors (Lipinski definition) is 1. The van der Waals surface area contributed by atoms with Gasteiger partial charge in [0.1, 0.15) is 0 Å². The van der Waals surface area contributed by atoms with E-state index in [9.17, 15) is 4.79 Å². The topological polar surface area (TPSA) is 59.8 Å². The molecule has 1 atom stereocenters. The molecule has 0 spiro atoms. The molecule has 150 valence electrons. The average molecular weight is 415 g/mol. The Labute approximate surface area is 180 Å². The van der Waals surface area contributed by atoms with Crippen molar-refractivity contribution < 1.29 is 4.79 Å². The van der Waals surface area contributed by atoms with Gasteiger partial charge in [0.15, 0.2) is 11.0 Å². The molecule has 5 nitrogen and oxygen atoms in total. The minimum atomic E-state index is -0.333. The fourth-order valence-electron chi connectivity index (χ4n) is 3.16. The first kappa shape index (κ1) is 19.9. The minimum Gasteiger partial charge on any atom is -0.325 e. The molecule has 4 aromatic rings. The summed E-state index contributed by atoms with van der Waals surface area (Å²) in [6.07, 6.45) is 0. The van der Waals surface area contributed by atoms with Gasteiger partial charge in [-0.25, -0.2) is 0 Å². The number of anilines is 1. The maximum atomic E-state index is 12.9. The molecule has 30 heavy (non-hydrogen) atoms. The third-order valence-electron chi connectivity index (χ3n) is 4.79. The normalized spacial score (nSPS) is 11.8. The van der Waals surface area contributed by atoms with Crippen molar-refractivity contribution in [2.24, 2.45) is 7.05 Å². The molecule has 0 fully saturated rings. The van der Waals surface area contributed by atoms with Crippen molar-refractivity contribution in [3.63, 3.8) is 0 Å². The Morgan fingerprint density at radius 2 is 1.47 bits per heavy atom. The zero-order valence-electron chi connectivity index (χ0n) is 16.8. The number of carbonyl (C=O) groups is 1. The van der Waals surface area contributed by atoms with Crippen molar-refractivity contribution in [3.05, 3.63) is 84.9 Å². The second kappa shape index (κ2) is 8.97. The van der Waals surface area contributed by atoms with E-state index in [1.807, 2.05) is 103 Å². The molecule has 0 bridgehead atoms. The van der Waals surface area contributed by atoms with E-state index < -0.39 is 0 Å². The molecule has 3 aromatic carbocycles. The van der Waals surface area contributed by atoms with Gasteiger partial charge in [-0.2, -0.15) is 0 Å². The third kappa shape index (κ3) is 4.28. The summed E-state index contributed by atoms with van der Waals surface area (Å²) in [6.45, 7) is 1.88. The van der Waals surface area contributed by atoms with Crippen LogP contribution < -0.4 is 5.32 Å². The van der Waals surface area contributed by atoms with Gasteiger partial charge in [0, 0.05) is 23.9 Å². The molecule has 1 amide bonds. The largest absolute Gasteiger partial charge is 0.325 e. The number of hydrogen-bond acceptors (Lipinski definition) is 4. The lowest BCUT2D eigenvalue weighted by molar-refractivity contribution is -0.115. The van der Waals surface area contributed by atoms with Crippen LogP contribution in [0.1, 0.15) is 6.92 Å². The first-order chi connectivity index (χ1) is 14.6. The zero-order valence-corrected chi connectivity index (χ0v) is 17.6. The highest BCUT2D eigenvalue weighted by atomic mass is 32.2. The van der Waals surface area contributed by atoms with Crippen LogP contribution in [-0.4, -0.2) is 25.9 Å². The van der Waals surface area contributed by atoms with Gasteiger partial charge in [0.05, 0.1) is 5.25 Å². The third-order valence-corrected chi connectivity index (χ3v) is 5.92. The predicted molar refractivity (Wildman–Crippen MR) is 122 cm³/mol. The van der Waals surface area contributed by atoms with Crippen LogP contribution in [-0.2, 0) is 11.8 Å². The molecule has 1 heterocycles. The van der Waals surface area contributed by atoms with E-state index in [1.54, 1.807) is 0 Å². The van der Waals surface area contributed by atoms with Crippen LogP contribution in [0.15, 0.2) is 90.1 Å². The van der Waals surface area contributed by atoms with Crippen molar-refractivity contribution in [3.8, 4) is 22.5 Å². The number of para-hydroxylation sites is 1. The highest BCUT2D eigenvalue weighted by Gasteiger charge is 2.20. The summed E-state index contributed by atoms with van der Waals surface area (Å²) in [7, 11) is 1.92. The van der Waals surface area contributed by atoms with Crippen molar-refractivity contribution >= 4 is 23.4 Å². The van der Waals surface area contributed by atoms with E-state index in [4.69, 9.17) is 0 Å². The Bertz CT molecular complexity index is 1140. The van der Waals surface area contributed by atoms with Crippen LogP contribution in [0.4, 0.5) is 5.69 Å². The molecular formula is C24H22N4OS. The molecule has 0 aliphatic heterocycles. The van der Waals surface area contributed by atoms with E-state index in [0.29, 0.717) is 5.16 Å². The summed E-state index contributed by atoms with van der Waals surface area (Å²) in [5, 5.41) is 12.0. The first-order valence-corrected chi connectivity index (χ1v) is 10.6. The van der Waals surface area contributed by atoms with Gasteiger partial charge in [-0.15, -0.1) is 10.2 Å². The molecule has 0 radical (unpaired) electrons. The second-order valence-corrected chi connectivity index (χ2v) is 8.20. The summed E-state index contributed by atoms with van der Waals surface area (Å²) in [4.78, 5) is 12.9. The standard InChI is InChI=1S/C24H22N4OS/c1-17(30-24-27-26-22(28(24)2)19-13-7-4-8-14-19)23(29)25-21-16-10-9-15-20(21)18-11-5-3-6-12-18/h3-17H,1-2H3,(H,25,29)/t17-/m1/s1. The number of benzene rings is 3. The van der Waals surface area contributed by atoms with Crippen LogP contribution in [0.3, 0.4) is 0 Å². The van der Waals surface area contributed by atoms with E-state index in [-0.39, 0.29) is 11.2 Å². The van der Waals surface area contributed by atoms with Gasteiger partial charge in [0.2, 0.25) is 5.91 Å². The maximum Gasteiger partial charge on any atom is 0.237 e. The van der Waals surface area contributed by atoms with Gasteiger partial charge >= 0.3 is 0 Å². The Morgan fingerprint density at radius 1 is 0.867 bits per heavy atom. The zero-order chi connectivity index (χ0) is 20.9.